The van der Waals surface area contributed by atoms with Crippen LogP contribution in [0, 0.1) is 26.6 Å². The fourth-order valence-corrected chi connectivity index (χ4v) is 4.59. The number of carbonyl (C=O) groups excluding carboxylic acids is 2. The topological polar surface area (TPSA) is 110 Å². The fraction of sp³-hybridized carbons (Fsp3) is 0.500. The predicted molar refractivity (Wildman–Crippen MR) is 150 cm³/mol. The van der Waals surface area contributed by atoms with Gasteiger partial charge in [0.25, 0.3) is 0 Å². The molecule has 0 bridgehead atoms. The highest BCUT2D eigenvalue weighted by atomic mass is 19.1. The fourth-order valence-electron chi connectivity index (χ4n) is 4.59. The first-order chi connectivity index (χ1) is 18.2. The van der Waals surface area contributed by atoms with Crippen molar-refractivity contribution in [2.75, 3.05) is 18.4 Å². The minimum atomic E-state index is -0.939. The van der Waals surface area contributed by atoms with Gasteiger partial charge in [-0.2, -0.15) is 0 Å². The van der Waals surface area contributed by atoms with Crippen molar-refractivity contribution in [3.63, 3.8) is 0 Å². The van der Waals surface area contributed by atoms with E-state index in [9.17, 15) is 23.9 Å². The van der Waals surface area contributed by atoms with Crippen LogP contribution in [-0.4, -0.2) is 57.1 Å². The average molecular weight is 544 g/mol. The molecule has 0 aliphatic carbocycles. The highest BCUT2D eigenvalue weighted by Crippen LogP contribution is 2.37. The molecule has 3 N–H and O–H groups in total. The number of hydrogen-bond acceptors (Lipinski definition) is 4. The lowest BCUT2D eigenvalue weighted by atomic mass is 9.90. The number of carbonyl (C=O) groups is 3. The maximum absolute atomic E-state index is 12.7. The smallest absolute Gasteiger partial charge is 0.321 e. The number of hydrogen-bond donors (Lipinski definition) is 3. The van der Waals surface area contributed by atoms with E-state index in [1.807, 2.05) is 26.8 Å². The van der Waals surface area contributed by atoms with Crippen LogP contribution in [-0.2, 0) is 29.1 Å². The number of carboxylic acid groups (broad SMARTS) is 1. The van der Waals surface area contributed by atoms with E-state index in [0.29, 0.717) is 24.3 Å². The van der Waals surface area contributed by atoms with Crippen LogP contribution in [0.15, 0.2) is 24.3 Å². The Bertz CT molecular complexity index is 1150. The van der Waals surface area contributed by atoms with Crippen molar-refractivity contribution in [1.82, 2.24) is 9.80 Å². The molecule has 0 spiro atoms. The minimum Gasteiger partial charge on any atom is -0.481 e. The number of amides is 3. The number of aliphatic hydroxyl groups is 1. The Kier molecular flexibility index (Phi) is 11.5. The van der Waals surface area contributed by atoms with Crippen LogP contribution in [0.4, 0.5) is 14.9 Å². The summed E-state index contributed by atoms with van der Waals surface area (Å²) in [5.74, 6) is -1.10. The molecule has 1 fully saturated rings. The molecule has 4 rings (SSSR count). The van der Waals surface area contributed by atoms with Crippen molar-refractivity contribution >= 4 is 24.1 Å². The second-order valence-corrected chi connectivity index (χ2v) is 11.1. The van der Waals surface area contributed by atoms with Gasteiger partial charge in [-0.05, 0) is 106 Å². The van der Waals surface area contributed by atoms with Crippen LogP contribution in [0.1, 0.15) is 73.4 Å². The third-order valence-corrected chi connectivity index (χ3v) is 6.45. The SMILES string of the molecule is CC(C)(C)O.Cc1c2c(c(C)c(NC(=O)N3CCCCC3)c1CC(=O)O)CN(C=O)C2.Cc1cccc(F)c1. The van der Waals surface area contributed by atoms with Crippen LogP contribution >= 0.6 is 0 Å². The van der Waals surface area contributed by atoms with Gasteiger partial charge in [0.2, 0.25) is 6.41 Å². The number of carboxylic acids is 1. The Morgan fingerprint density at radius 1 is 1.03 bits per heavy atom. The number of aryl methyl sites for hydroxylation is 1. The largest absolute Gasteiger partial charge is 0.481 e. The first-order valence-electron chi connectivity index (χ1n) is 13.3. The number of anilines is 1. The van der Waals surface area contributed by atoms with Gasteiger partial charge < -0.3 is 25.3 Å². The Hall–Kier alpha value is -3.46. The van der Waals surface area contributed by atoms with Gasteiger partial charge in [0.15, 0.2) is 0 Å². The molecule has 3 amide bonds. The summed E-state index contributed by atoms with van der Waals surface area (Å²) in [6.45, 7) is 13.3. The van der Waals surface area contributed by atoms with Gasteiger partial charge in [0.05, 0.1) is 12.0 Å². The summed E-state index contributed by atoms with van der Waals surface area (Å²) in [4.78, 5) is 38.7. The number of benzene rings is 2. The zero-order valence-corrected chi connectivity index (χ0v) is 23.9. The molecule has 1 saturated heterocycles. The summed E-state index contributed by atoms with van der Waals surface area (Å²) in [7, 11) is 0. The molecule has 0 unspecified atom stereocenters. The van der Waals surface area contributed by atoms with Crippen LogP contribution in [0.5, 0.6) is 0 Å². The monoisotopic (exact) mass is 543 g/mol. The summed E-state index contributed by atoms with van der Waals surface area (Å²) in [5.41, 5.74) is 5.41. The van der Waals surface area contributed by atoms with Crippen LogP contribution in [0.2, 0.25) is 0 Å². The van der Waals surface area contributed by atoms with Crippen LogP contribution < -0.4 is 5.32 Å². The molecule has 2 aliphatic rings. The highest BCUT2D eigenvalue weighted by molar-refractivity contribution is 5.93. The summed E-state index contributed by atoms with van der Waals surface area (Å²) < 4.78 is 12.2. The van der Waals surface area contributed by atoms with Crippen molar-refractivity contribution in [1.29, 1.82) is 0 Å². The van der Waals surface area contributed by atoms with Gasteiger partial charge in [-0.1, -0.05) is 12.1 Å². The molecule has 0 radical (unpaired) electrons. The van der Waals surface area contributed by atoms with Gasteiger partial charge in [-0.15, -0.1) is 0 Å². The number of halogens is 1. The number of aliphatic carboxylic acids is 1. The van der Waals surface area contributed by atoms with E-state index in [0.717, 1.165) is 66.6 Å². The van der Waals surface area contributed by atoms with E-state index < -0.39 is 11.6 Å². The molecule has 2 aromatic carbocycles. The molecule has 9 heteroatoms. The number of nitrogens with one attached hydrogen (secondary N) is 1. The highest BCUT2D eigenvalue weighted by Gasteiger charge is 2.28. The third-order valence-electron chi connectivity index (χ3n) is 6.45. The Morgan fingerprint density at radius 2 is 1.59 bits per heavy atom. The van der Waals surface area contributed by atoms with Gasteiger partial charge in [0.1, 0.15) is 5.82 Å². The summed E-state index contributed by atoms with van der Waals surface area (Å²) in [6.07, 6.45) is 3.77. The number of likely N-dealkylation sites (tertiary alicyclic amines) is 1. The van der Waals surface area contributed by atoms with Crippen LogP contribution in [0.25, 0.3) is 0 Å². The standard InChI is InChI=1S/C19H25N3O4.C7H7F.C4H10O/c1-12-14(8-17(24)25)18(20-19(26)22-6-4-3-5-7-22)13(2)16-10-21(11-23)9-15(12)16;1-6-3-2-4-7(8)5-6;1-4(2,3)5/h11H,3-10H2,1-2H3,(H,20,26)(H,24,25);2-5H,1H3;5H,1-3H3. The molecule has 0 saturated carbocycles. The molecule has 214 valence electrons. The summed E-state index contributed by atoms with van der Waals surface area (Å²) in [6, 6.07) is 6.32. The Morgan fingerprint density at radius 3 is 2.05 bits per heavy atom. The first kappa shape index (κ1) is 31.8. The van der Waals surface area contributed by atoms with E-state index in [1.165, 1.54) is 12.1 Å². The number of fused-ring (bicyclic) bond motifs is 1. The summed E-state index contributed by atoms with van der Waals surface area (Å²) >= 11 is 0. The lowest BCUT2D eigenvalue weighted by Gasteiger charge is -2.28. The molecule has 39 heavy (non-hydrogen) atoms. The van der Waals surface area contributed by atoms with E-state index in [2.05, 4.69) is 5.32 Å². The average Bonchev–Trinajstić information content (AvgIpc) is 3.29. The summed E-state index contributed by atoms with van der Waals surface area (Å²) in [5, 5.41) is 20.8. The van der Waals surface area contributed by atoms with Gasteiger partial charge in [-0.25, -0.2) is 9.18 Å². The lowest BCUT2D eigenvalue weighted by Crippen LogP contribution is -2.39. The molecule has 8 nitrogen and oxygen atoms in total. The molecule has 0 atom stereocenters. The van der Waals surface area contributed by atoms with Crippen molar-refractivity contribution in [2.24, 2.45) is 0 Å². The molecule has 2 aromatic rings. The van der Waals surface area contributed by atoms with Crippen molar-refractivity contribution < 1.29 is 29.0 Å². The third kappa shape index (κ3) is 9.98. The van der Waals surface area contributed by atoms with E-state index in [1.54, 1.807) is 36.6 Å². The normalized spacial score (nSPS) is 14.4. The molecule has 2 aliphatic heterocycles. The molecular weight excluding hydrogens is 501 g/mol. The number of piperidine rings is 1. The Balaban J connectivity index is 0.000000337. The van der Waals surface area contributed by atoms with Gasteiger partial charge in [-0.3, -0.25) is 9.59 Å². The Labute approximate surface area is 230 Å². The maximum atomic E-state index is 12.7. The minimum absolute atomic E-state index is 0.156. The van der Waals surface area contributed by atoms with Crippen LogP contribution in [0.3, 0.4) is 0 Å². The zero-order valence-electron chi connectivity index (χ0n) is 23.9. The van der Waals surface area contributed by atoms with E-state index >= 15 is 0 Å². The van der Waals surface area contributed by atoms with Crippen molar-refractivity contribution in [3.8, 4) is 0 Å². The van der Waals surface area contributed by atoms with Gasteiger partial charge in [0, 0.05) is 31.9 Å². The quantitative estimate of drug-likeness (QED) is 0.452. The number of urea groups is 1. The molecular formula is C30H42FN3O5. The molecule has 0 aromatic heterocycles. The lowest BCUT2D eigenvalue weighted by molar-refractivity contribution is -0.136. The van der Waals surface area contributed by atoms with Crippen molar-refractivity contribution in [2.45, 2.75) is 85.9 Å². The number of nitrogens with zero attached hydrogens (tertiary/aromatic N) is 2. The van der Waals surface area contributed by atoms with Gasteiger partial charge >= 0.3 is 12.0 Å². The second kappa shape index (κ2) is 14.1. The number of rotatable bonds is 4. The van der Waals surface area contributed by atoms with E-state index in [-0.39, 0.29) is 18.3 Å². The van der Waals surface area contributed by atoms with Crippen molar-refractivity contribution in [3.05, 3.63) is 63.5 Å². The second-order valence-electron chi connectivity index (χ2n) is 11.1. The van der Waals surface area contributed by atoms with E-state index in [4.69, 9.17) is 5.11 Å². The maximum Gasteiger partial charge on any atom is 0.321 e. The first-order valence-corrected chi connectivity index (χ1v) is 13.3. The molecule has 2 heterocycles. The zero-order chi connectivity index (χ0) is 29.3. The predicted octanol–water partition coefficient (Wildman–Crippen LogP) is 5.33.